The molecule has 0 saturated carbocycles. The molecule has 0 atom stereocenters. The highest BCUT2D eigenvalue weighted by Crippen LogP contribution is 1.84. The van der Waals surface area contributed by atoms with Gasteiger partial charge in [0.1, 0.15) is 4.48 Å². The van der Waals surface area contributed by atoms with Gasteiger partial charge in [-0.2, -0.15) is 0 Å². The van der Waals surface area contributed by atoms with Gasteiger partial charge in [0.15, 0.2) is 0 Å². The number of halogens is 3. The average Bonchev–Trinajstić information content (AvgIpc) is 1.38. The first-order valence-corrected chi connectivity index (χ1v) is 0.864. The molecule has 30 valence electrons. The number of rotatable bonds is 1. The van der Waals surface area contributed by atoms with Crippen molar-refractivity contribution in [1.29, 1.82) is 0 Å². The van der Waals surface area contributed by atoms with Crippen LogP contribution in [0.2, 0.25) is 0 Å². The summed E-state index contributed by atoms with van der Waals surface area (Å²) in [4.78, 5) is 0. The molecule has 0 rings (SSSR count). The zero-order chi connectivity index (χ0) is 4.28. The van der Waals surface area contributed by atoms with Gasteiger partial charge in [-0.25, -0.2) is 0 Å². The van der Waals surface area contributed by atoms with E-state index in [9.17, 15) is 13.3 Å². The third-order valence-corrected chi connectivity index (χ3v) is 0.0738. The van der Waals surface area contributed by atoms with Gasteiger partial charge >= 0.3 is 12.1 Å². The van der Waals surface area contributed by atoms with Crippen LogP contribution in [-0.4, -0.2) is 6.55 Å². The maximum absolute atomic E-state index is 10.2. The van der Waals surface area contributed by atoms with Crippen LogP contribution >= 0.6 is 0 Å². The van der Waals surface area contributed by atoms with Crippen molar-refractivity contribution in [1.82, 2.24) is 5.54 Å². The van der Waals surface area contributed by atoms with Crippen molar-refractivity contribution < 1.29 is 13.3 Å². The van der Waals surface area contributed by atoms with Crippen LogP contribution in [0, 0.1) is 0 Å². The molecule has 0 aromatic carbocycles. The molecule has 0 spiro atoms. The monoisotopic (exact) mass is 84.0 g/mol. The first-order valence-electron chi connectivity index (χ1n) is 0.864. The quantitative estimate of drug-likeness (QED) is 0.415. The van der Waals surface area contributed by atoms with Crippen molar-refractivity contribution in [2.24, 2.45) is 0 Å². The molecule has 0 saturated heterocycles. The minimum Gasteiger partial charge on any atom is -0.138 e. The lowest BCUT2D eigenvalue weighted by molar-refractivity contribution is 0.0298. The van der Waals surface area contributed by atoms with Gasteiger partial charge in [0.05, 0.1) is 0 Å². The third-order valence-electron chi connectivity index (χ3n) is 0.0738. The summed E-state index contributed by atoms with van der Waals surface area (Å²) in [7, 11) is 0. The molecule has 0 aliphatic heterocycles. The molecule has 0 aromatic heterocycles. The Hall–Kier alpha value is -0.250. The Morgan fingerprint density at radius 3 is 1.60 bits per heavy atom. The van der Waals surface area contributed by atoms with E-state index in [2.05, 4.69) is 0 Å². The lowest BCUT2D eigenvalue weighted by Crippen LogP contribution is -1.97. The predicted molar refractivity (Wildman–Crippen MR) is 9.25 cm³/mol. The van der Waals surface area contributed by atoms with Crippen molar-refractivity contribution in [2.75, 3.05) is 0 Å². The van der Waals surface area contributed by atoms with Crippen LogP contribution in [0.5, 0.6) is 0 Å². The summed E-state index contributed by atoms with van der Waals surface area (Å²) in [6.07, 6.45) is 0. The van der Waals surface area contributed by atoms with E-state index in [-0.39, 0.29) is 0 Å². The highest BCUT2D eigenvalue weighted by molar-refractivity contribution is 4.05. The van der Waals surface area contributed by atoms with Crippen molar-refractivity contribution >= 4 is 0 Å². The number of hydrogen-bond acceptors (Lipinski definition) is 0. The van der Waals surface area contributed by atoms with E-state index in [0.29, 0.717) is 0 Å². The van der Waals surface area contributed by atoms with Crippen LogP contribution < -0.4 is 5.54 Å². The van der Waals surface area contributed by atoms with Gasteiger partial charge in [0.25, 0.3) is 0 Å². The van der Waals surface area contributed by atoms with Gasteiger partial charge in [0.2, 0.25) is 0 Å². The lowest BCUT2D eigenvalue weighted by Gasteiger charge is -1.57. The first-order chi connectivity index (χ1) is 2.27. The average molecular weight is 84.0 g/mol. The molecule has 0 aliphatic carbocycles. The summed E-state index contributed by atoms with van der Waals surface area (Å²) >= 11 is 0. The Morgan fingerprint density at radius 1 is 1.40 bits per heavy atom. The SMILES string of the molecule is F[N+]C(F)F. The summed E-state index contributed by atoms with van der Waals surface area (Å²) in [5.41, 5.74) is 1.06. The molecule has 0 N–H and O–H groups in total. The molecular formula is CHF3N+. The first kappa shape index (κ1) is 4.75. The second-order valence-electron chi connectivity index (χ2n) is 0.375. The van der Waals surface area contributed by atoms with Gasteiger partial charge in [-0.3, -0.25) is 0 Å². The van der Waals surface area contributed by atoms with E-state index < -0.39 is 6.55 Å². The van der Waals surface area contributed by atoms with Crippen LogP contribution in [0.4, 0.5) is 13.3 Å². The van der Waals surface area contributed by atoms with Crippen molar-refractivity contribution in [3.05, 3.63) is 0 Å². The normalized spacial score (nSPS) is 9.60. The number of nitrogens with zero attached hydrogens (tertiary/aromatic N) is 1. The van der Waals surface area contributed by atoms with Gasteiger partial charge in [0, 0.05) is 0 Å². The Bertz CT molecular complexity index is 20.9. The van der Waals surface area contributed by atoms with Crippen LogP contribution in [0.3, 0.4) is 0 Å². The van der Waals surface area contributed by atoms with Crippen molar-refractivity contribution in [3.63, 3.8) is 0 Å². The zero-order valence-corrected chi connectivity index (χ0v) is 2.16. The number of alkyl halides is 2. The summed E-state index contributed by atoms with van der Waals surface area (Å²) in [5.74, 6) is 0. The largest absolute Gasteiger partial charge is 0.534 e. The maximum atomic E-state index is 10.2. The molecule has 2 radical (unpaired) electrons. The lowest BCUT2D eigenvalue weighted by atomic mass is 11.4. The maximum Gasteiger partial charge on any atom is 0.534 e. The summed E-state index contributed by atoms with van der Waals surface area (Å²) in [6.45, 7) is -3.16. The van der Waals surface area contributed by atoms with Gasteiger partial charge in [-0.1, -0.05) is 0 Å². The Labute approximate surface area is 26.7 Å². The second-order valence-corrected chi connectivity index (χ2v) is 0.375. The van der Waals surface area contributed by atoms with E-state index in [0.717, 1.165) is 5.54 Å². The standard InChI is InChI=1S/CHF3N/c2-1(3)5-4/h1H/q+1. The van der Waals surface area contributed by atoms with E-state index in [1.165, 1.54) is 0 Å². The molecule has 5 heavy (non-hydrogen) atoms. The summed E-state index contributed by atoms with van der Waals surface area (Å²) in [5, 5.41) is 0. The molecule has 0 fully saturated rings. The van der Waals surface area contributed by atoms with E-state index >= 15 is 0 Å². The number of hydrogen-bond donors (Lipinski definition) is 0. The fraction of sp³-hybridized carbons (Fsp3) is 1.00. The second kappa shape index (κ2) is 2.02. The predicted octanol–water partition coefficient (Wildman–Crippen LogP) is 0.698. The molecule has 1 nitrogen and oxygen atoms in total. The molecular weight excluding hydrogens is 83.0 g/mol. The summed E-state index contributed by atoms with van der Waals surface area (Å²) < 4.78 is 30.4. The fourth-order valence-corrected chi connectivity index (χ4v) is 0. The summed E-state index contributed by atoms with van der Waals surface area (Å²) in [6, 6.07) is 0. The van der Waals surface area contributed by atoms with Crippen LogP contribution in [0.1, 0.15) is 0 Å². The van der Waals surface area contributed by atoms with Crippen molar-refractivity contribution in [3.8, 4) is 0 Å². The molecule has 0 heterocycles. The van der Waals surface area contributed by atoms with Crippen LogP contribution in [0.25, 0.3) is 0 Å². The molecule has 4 heteroatoms. The fourth-order valence-electron chi connectivity index (χ4n) is 0. The minimum atomic E-state index is -3.16. The van der Waals surface area contributed by atoms with E-state index in [1.807, 2.05) is 0 Å². The third kappa shape index (κ3) is 3.75. The minimum absolute atomic E-state index is 1.06. The smallest absolute Gasteiger partial charge is 0.138 e. The highest BCUT2D eigenvalue weighted by Gasteiger charge is 2.18. The topological polar surface area (TPSA) is 14.1 Å². The van der Waals surface area contributed by atoms with Gasteiger partial charge < -0.3 is 0 Å². The van der Waals surface area contributed by atoms with E-state index in [4.69, 9.17) is 0 Å². The molecule has 0 aromatic rings. The Morgan fingerprint density at radius 2 is 1.60 bits per heavy atom. The van der Waals surface area contributed by atoms with Gasteiger partial charge in [-0.15, -0.1) is 8.78 Å². The Kier molecular flexibility index (Phi) is 1.92. The Balaban J connectivity index is 2.54. The van der Waals surface area contributed by atoms with Gasteiger partial charge in [-0.05, 0) is 0 Å². The van der Waals surface area contributed by atoms with E-state index in [1.54, 1.807) is 0 Å². The van der Waals surface area contributed by atoms with Crippen molar-refractivity contribution in [2.45, 2.75) is 6.55 Å². The van der Waals surface area contributed by atoms with Crippen LogP contribution in [0.15, 0.2) is 0 Å². The molecule has 0 unspecified atom stereocenters. The molecule has 0 amide bonds. The highest BCUT2D eigenvalue weighted by atomic mass is 19.3. The van der Waals surface area contributed by atoms with Crippen LogP contribution in [-0.2, 0) is 0 Å². The zero-order valence-electron chi connectivity index (χ0n) is 2.16. The molecule has 0 bridgehead atoms. The molecule has 0 aliphatic rings.